The van der Waals surface area contributed by atoms with Gasteiger partial charge in [0.05, 0.1) is 5.69 Å². The molecule has 0 fully saturated rings. The molecule has 0 spiro atoms. The maximum absolute atomic E-state index is 13.0. The third-order valence-corrected chi connectivity index (χ3v) is 4.55. The van der Waals surface area contributed by atoms with E-state index in [0.29, 0.717) is 0 Å². The van der Waals surface area contributed by atoms with Crippen molar-refractivity contribution >= 4 is 11.6 Å². The Morgan fingerprint density at radius 2 is 1.96 bits per heavy atom. The van der Waals surface area contributed by atoms with E-state index < -0.39 is 0 Å². The average Bonchev–Trinajstić information content (AvgIpc) is 3.27. The molecule has 120 valence electrons. The molecule has 3 aromatic rings. The first-order chi connectivity index (χ1) is 11.8. The van der Waals surface area contributed by atoms with Gasteiger partial charge in [-0.05, 0) is 42.2 Å². The molecule has 0 unspecified atom stereocenters. The number of anilines is 1. The van der Waals surface area contributed by atoms with Gasteiger partial charge in [0, 0.05) is 31.7 Å². The largest absolute Gasteiger partial charge is 0.343 e. The van der Waals surface area contributed by atoms with Crippen LogP contribution in [0.5, 0.6) is 0 Å². The van der Waals surface area contributed by atoms with Crippen molar-refractivity contribution < 1.29 is 4.79 Å². The van der Waals surface area contributed by atoms with Crippen LogP contribution < -0.4 is 4.90 Å². The number of hydrogen-bond acceptors (Lipinski definition) is 2. The third kappa shape index (κ3) is 2.71. The summed E-state index contributed by atoms with van der Waals surface area (Å²) < 4.78 is 2.05. The summed E-state index contributed by atoms with van der Waals surface area (Å²) in [5.41, 5.74) is 4.16. The minimum atomic E-state index is 0.0676. The highest BCUT2D eigenvalue weighted by Gasteiger charge is 2.26. The molecule has 0 bridgehead atoms. The molecule has 0 atom stereocenters. The van der Waals surface area contributed by atoms with Crippen LogP contribution in [0.2, 0.25) is 0 Å². The van der Waals surface area contributed by atoms with Crippen molar-refractivity contribution in [2.75, 3.05) is 11.4 Å². The second-order valence-electron chi connectivity index (χ2n) is 6.03. The van der Waals surface area contributed by atoms with Crippen molar-refractivity contribution in [2.24, 2.45) is 0 Å². The first-order valence-electron chi connectivity index (χ1n) is 8.27. The van der Waals surface area contributed by atoms with Gasteiger partial charge in [-0.15, -0.1) is 0 Å². The highest BCUT2D eigenvalue weighted by molar-refractivity contribution is 6.06. The van der Waals surface area contributed by atoms with Crippen LogP contribution in [0.25, 0.3) is 0 Å². The van der Waals surface area contributed by atoms with Crippen LogP contribution in [-0.2, 0) is 19.4 Å². The highest BCUT2D eigenvalue weighted by atomic mass is 16.2. The van der Waals surface area contributed by atoms with Crippen molar-refractivity contribution in [3.63, 3.8) is 0 Å². The van der Waals surface area contributed by atoms with Gasteiger partial charge in [0.25, 0.3) is 5.91 Å². The molecule has 2 aromatic heterocycles. The minimum Gasteiger partial charge on any atom is -0.343 e. The van der Waals surface area contributed by atoms with E-state index in [0.717, 1.165) is 42.9 Å². The Bertz CT molecular complexity index is 854. The molecule has 0 radical (unpaired) electrons. The van der Waals surface area contributed by atoms with E-state index in [1.165, 1.54) is 5.56 Å². The van der Waals surface area contributed by atoms with E-state index in [2.05, 4.69) is 21.7 Å². The van der Waals surface area contributed by atoms with Crippen LogP contribution >= 0.6 is 0 Å². The zero-order valence-corrected chi connectivity index (χ0v) is 13.4. The maximum atomic E-state index is 13.0. The fourth-order valence-electron chi connectivity index (χ4n) is 3.28. The lowest BCUT2D eigenvalue weighted by atomic mass is 10.1. The van der Waals surface area contributed by atoms with E-state index in [1.807, 2.05) is 53.7 Å². The van der Waals surface area contributed by atoms with E-state index in [-0.39, 0.29) is 5.91 Å². The number of fused-ring (bicyclic) bond motifs is 1. The van der Waals surface area contributed by atoms with Crippen LogP contribution in [0, 0.1) is 0 Å². The van der Waals surface area contributed by atoms with Crippen LogP contribution in [0.15, 0.2) is 67.1 Å². The summed E-state index contributed by atoms with van der Waals surface area (Å²) in [7, 11) is 0. The number of carbonyl (C=O) groups excluding carboxylic acids is 1. The third-order valence-electron chi connectivity index (χ3n) is 4.55. The SMILES string of the molecule is O=C(c1cccn1CCc1ccccc1)N1CCc2cnccc21. The Morgan fingerprint density at radius 1 is 1.08 bits per heavy atom. The summed E-state index contributed by atoms with van der Waals surface area (Å²) in [5, 5.41) is 0. The molecular formula is C20H19N3O. The number of nitrogens with zero attached hydrogens (tertiary/aromatic N) is 3. The number of benzene rings is 1. The Kier molecular flexibility index (Phi) is 3.87. The summed E-state index contributed by atoms with van der Waals surface area (Å²) in [4.78, 5) is 19.0. The topological polar surface area (TPSA) is 38.1 Å². The first kappa shape index (κ1) is 14.7. The normalized spacial score (nSPS) is 13.1. The minimum absolute atomic E-state index is 0.0676. The van der Waals surface area contributed by atoms with E-state index >= 15 is 0 Å². The van der Waals surface area contributed by atoms with Crippen molar-refractivity contribution in [3.05, 3.63) is 83.9 Å². The molecule has 4 rings (SSSR count). The summed E-state index contributed by atoms with van der Waals surface area (Å²) in [5.74, 6) is 0.0676. The van der Waals surface area contributed by atoms with Crippen LogP contribution in [0.1, 0.15) is 21.6 Å². The lowest BCUT2D eigenvalue weighted by Crippen LogP contribution is -2.30. The standard InChI is InChI=1S/C20H19N3O/c24-20(23-14-10-17-15-21-11-8-18(17)23)19-7-4-12-22(19)13-9-16-5-2-1-3-6-16/h1-8,11-12,15H,9-10,13-14H2. The molecule has 0 saturated heterocycles. The number of aryl methyl sites for hydroxylation is 2. The van der Waals surface area contributed by atoms with E-state index in [4.69, 9.17) is 0 Å². The molecule has 1 aliphatic rings. The number of hydrogen-bond donors (Lipinski definition) is 0. The van der Waals surface area contributed by atoms with Gasteiger partial charge in [-0.2, -0.15) is 0 Å². The predicted molar refractivity (Wildman–Crippen MR) is 94.2 cm³/mol. The fraction of sp³-hybridized carbons (Fsp3) is 0.200. The predicted octanol–water partition coefficient (Wildman–Crippen LogP) is 3.33. The van der Waals surface area contributed by atoms with Gasteiger partial charge in [-0.1, -0.05) is 30.3 Å². The number of carbonyl (C=O) groups is 1. The molecule has 0 N–H and O–H groups in total. The number of aromatic nitrogens is 2. The van der Waals surface area contributed by atoms with Gasteiger partial charge < -0.3 is 9.47 Å². The zero-order valence-electron chi connectivity index (χ0n) is 13.4. The molecule has 1 amide bonds. The second-order valence-corrected chi connectivity index (χ2v) is 6.03. The Labute approximate surface area is 141 Å². The van der Waals surface area contributed by atoms with Crippen molar-refractivity contribution in [1.29, 1.82) is 0 Å². The monoisotopic (exact) mass is 317 g/mol. The van der Waals surface area contributed by atoms with Crippen molar-refractivity contribution in [2.45, 2.75) is 19.4 Å². The van der Waals surface area contributed by atoms with E-state index in [9.17, 15) is 4.79 Å². The molecular weight excluding hydrogens is 298 g/mol. The second kappa shape index (κ2) is 6.32. The number of pyridine rings is 1. The van der Waals surface area contributed by atoms with Gasteiger partial charge in [0.15, 0.2) is 0 Å². The number of rotatable bonds is 4. The smallest absolute Gasteiger partial charge is 0.274 e. The fourth-order valence-corrected chi connectivity index (χ4v) is 3.28. The van der Waals surface area contributed by atoms with E-state index in [1.54, 1.807) is 6.20 Å². The van der Waals surface area contributed by atoms with Crippen LogP contribution in [0.4, 0.5) is 5.69 Å². The van der Waals surface area contributed by atoms with Crippen molar-refractivity contribution in [3.8, 4) is 0 Å². The van der Waals surface area contributed by atoms with Crippen LogP contribution in [-0.4, -0.2) is 22.0 Å². The van der Waals surface area contributed by atoms with Gasteiger partial charge in [0.1, 0.15) is 5.69 Å². The zero-order chi connectivity index (χ0) is 16.4. The molecule has 24 heavy (non-hydrogen) atoms. The van der Waals surface area contributed by atoms with Crippen LogP contribution in [0.3, 0.4) is 0 Å². The molecule has 3 heterocycles. The molecule has 4 heteroatoms. The van der Waals surface area contributed by atoms with Gasteiger partial charge >= 0.3 is 0 Å². The average molecular weight is 317 g/mol. The van der Waals surface area contributed by atoms with Gasteiger partial charge in [0.2, 0.25) is 0 Å². The summed E-state index contributed by atoms with van der Waals surface area (Å²) >= 11 is 0. The first-order valence-corrected chi connectivity index (χ1v) is 8.27. The molecule has 4 nitrogen and oxygen atoms in total. The summed E-state index contributed by atoms with van der Waals surface area (Å²) in [6.45, 7) is 1.53. The highest BCUT2D eigenvalue weighted by Crippen LogP contribution is 2.28. The summed E-state index contributed by atoms with van der Waals surface area (Å²) in [6, 6.07) is 16.1. The Balaban J connectivity index is 1.53. The number of amides is 1. The summed E-state index contributed by atoms with van der Waals surface area (Å²) in [6.07, 6.45) is 7.38. The Hall–Kier alpha value is -2.88. The molecule has 0 saturated carbocycles. The van der Waals surface area contributed by atoms with Crippen molar-refractivity contribution in [1.82, 2.24) is 9.55 Å². The molecule has 1 aliphatic heterocycles. The molecule has 1 aromatic carbocycles. The lowest BCUT2D eigenvalue weighted by molar-refractivity contribution is 0.0980. The van der Waals surface area contributed by atoms with Gasteiger partial charge in [-0.3, -0.25) is 9.78 Å². The lowest BCUT2D eigenvalue weighted by Gasteiger charge is -2.18. The molecule has 0 aliphatic carbocycles. The maximum Gasteiger partial charge on any atom is 0.274 e. The Morgan fingerprint density at radius 3 is 2.83 bits per heavy atom. The van der Waals surface area contributed by atoms with Gasteiger partial charge in [-0.25, -0.2) is 0 Å². The quantitative estimate of drug-likeness (QED) is 0.740.